The predicted molar refractivity (Wildman–Crippen MR) is 78.9 cm³/mol. The average molecular weight is 285 g/mol. The largest absolute Gasteiger partial charge is 0.441 e. The number of rotatable bonds is 3. The second-order valence-corrected chi connectivity index (χ2v) is 5.91. The van der Waals surface area contributed by atoms with Gasteiger partial charge in [-0.05, 0) is 18.6 Å². The summed E-state index contributed by atoms with van der Waals surface area (Å²) in [6.07, 6.45) is 2.19. The van der Waals surface area contributed by atoms with Crippen LogP contribution in [0.2, 0.25) is 0 Å². The minimum absolute atomic E-state index is 0.240. The Bertz CT molecular complexity index is 633. The van der Waals surface area contributed by atoms with Crippen molar-refractivity contribution in [1.29, 1.82) is 0 Å². The highest BCUT2D eigenvalue weighted by Gasteiger charge is 2.34. The van der Waals surface area contributed by atoms with Crippen LogP contribution in [0.5, 0.6) is 0 Å². The average Bonchev–Trinajstić information content (AvgIpc) is 3.08. The van der Waals surface area contributed by atoms with Crippen LogP contribution in [-0.4, -0.2) is 52.9 Å². The number of hydrogen-bond donors (Lipinski definition) is 0. The second-order valence-electron chi connectivity index (χ2n) is 5.91. The van der Waals surface area contributed by atoms with Crippen LogP contribution < -0.4 is 0 Å². The number of piperazine rings is 1. The summed E-state index contributed by atoms with van der Waals surface area (Å²) >= 11 is 0. The van der Waals surface area contributed by atoms with Gasteiger partial charge >= 0.3 is 0 Å². The number of aryl methyl sites for hydroxylation is 1. The first-order chi connectivity index (χ1) is 10.3. The van der Waals surface area contributed by atoms with Crippen molar-refractivity contribution in [3.63, 3.8) is 0 Å². The van der Waals surface area contributed by atoms with Crippen LogP contribution in [-0.2, 0) is 11.2 Å². The van der Waals surface area contributed by atoms with E-state index in [1.807, 2.05) is 24.3 Å². The van der Waals surface area contributed by atoms with Crippen LogP contribution in [0.3, 0.4) is 0 Å². The van der Waals surface area contributed by atoms with Crippen molar-refractivity contribution in [3.8, 4) is 0 Å². The van der Waals surface area contributed by atoms with Gasteiger partial charge in [0.15, 0.2) is 11.5 Å². The molecule has 3 heterocycles. The molecule has 5 heteroatoms. The third kappa shape index (κ3) is 2.42. The molecule has 1 aromatic carbocycles. The molecule has 2 aliphatic rings. The highest BCUT2D eigenvalue weighted by Crippen LogP contribution is 2.22. The Labute approximate surface area is 123 Å². The van der Waals surface area contributed by atoms with Gasteiger partial charge in [-0.15, -0.1) is 0 Å². The second kappa shape index (κ2) is 5.15. The minimum atomic E-state index is 0.240. The lowest BCUT2D eigenvalue weighted by Gasteiger charge is -2.34. The molecule has 0 N–H and O–H groups in total. The highest BCUT2D eigenvalue weighted by atomic mass is 16.3. The monoisotopic (exact) mass is 285 g/mol. The molecule has 0 aliphatic carbocycles. The Morgan fingerprint density at radius 2 is 2.19 bits per heavy atom. The Morgan fingerprint density at radius 3 is 3.10 bits per heavy atom. The summed E-state index contributed by atoms with van der Waals surface area (Å²) in [6, 6.07) is 8.14. The highest BCUT2D eigenvalue weighted by molar-refractivity contribution is 5.77. The molecule has 0 radical (unpaired) electrons. The van der Waals surface area contributed by atoms with E-state index in [4.69, 9.17) is 4.42 Å². The maximum absolute atomic E-state index is 12.4. The van der Waals surface area contributed by atoms with E-state index in [1.54, 1.807) is 0 Å². The SMILES string of the molecule is O=C(CCc1nc2ccccc2o1)N1CCN2CCC1C2. The number of hydrogen-bond acceptors (Lipinski definition) is 4. The molecule has 2 atom stereocenters. The molecule has 1 amide bonds. The Kier molecular flexibility index (Phi) is 3.15. The van der Waals surface area contributed by atoms with E-state index in [2.05, 4.69) is 14.8 Å². The molecule has 1 aromatic heterocycles. The number of para-hydroxylation sites is 2. The van der Waals surface area contributed by atoms with Crippen molar-refractivity contribution in [3.05, 3.63) is 30.2 Å². The molecule has 2 bridgehead atoms. The number of carbonyl (C=O) groups excluding carboxylic acids is 1. The smallest absolute Gasteiger partial charge is 0.223 e. The van der Waals surface area contributed by atoms with Gasteiger partial charge in [0.2, 0.25) is 5.91 Å². The molecule has 110 valence electrons. The number of aromatic nitrogens is 1. The minimum Gasteiger partial charge on any atom is -0.441 e. The van der Waals surface area contributed by atoms with E-state index in [-0.39, 0.29) is 5.91 Å². The van der Waals surface area contributed by atoms with E-state index in [1.165, 1.54) is 0 Å². The van der Waals surface area contributed by atoms with Gasteiger partial charge in [0.25, 0.3) is 0 Å². The van der Waals surface area contributed by atoms with Gasteiger partial charge in [-0.3, -0.25) is 9.69 Å². The van der Waals surface area contributed by atoms with Crippen LogP contribution in [0.25, 0.3) is 11.1 Å². The van der Waals surface area contributed by atoms with Gasteiger partial charge in [-0.2, -0.15) is 0 Å². The Balaban J connectivity index is 1.40. The lowest BCUT2D eigenvalue weighted by molar-refractivity contribution is -0.134. The summed E-state index contributed by atoms with van der Waals surface area (Å²) in [7, 11) is 0. The molecular weight excluding hydrogens is 266 g/mol. The molecule has 2 saturated heterocycles. The first-order valence-electron chi connectivity index (χ1n) is 7.66. The van der Waals surface area contributed by atoms with E-state index < -0.39 is 0 Å². The van der Waals surface area contributed by atoms with Crippen molar-refractivity contribution < 1.29 is 9.21 Å². The molecular formula is C16H19N3O2. The van der Waals surface area contributed by atoms with Gasteiger partial charge in [0, 0.05) is 45.1 Å². The fourth-order valence-corrected chi connectivity index (χ4v) is 3.41. The Hall–Kier alpha value is -1.88. The van der Waals surface area contributed by atoms with Gasteiger partial charge < -0.3 is 9.32 Å². The number of oxazole rings is 1. The fourth-order valence-electron chi connectivity index (χ4n) is 3.41. The summed E-state index contributed by atoms with van der Waals surface area (Å²) in [5.41, 5.74) is 1.66. The van der Waals surface area contributed by atoms with Crippen LogP contribution in [0.15, 0.2) is 28.7 Å². The van der Waals surface area contributed by atoms with Crippen molar-refractivity contribution in [2.24, 2.45) is 0 Å². The summed E-state index contributed by atoms with van der Waals surface area (Å²) < 4.78 is 5.68. The number of nitrogens with zero attached hydrogens (tertiary/aromatic N) is 3. The third-order valence-corrected chi connectivity index (χ3v) is 4.56. The first-order valence-corrected chi connectivity index (χ1v) is 7.66. The molecule has 0 saturated carbocycles. The summed E-state index contributed by atoms with van der Waals surface area (Å²) in [5, 5.41) is 0. The van der Waals surface area contributed by atoms with Gasteiger partial charge in [0.05, 0.1) is 0 Å². The zero-order valence-electron chi connectivity index (χ0n) is 12.0. The fraction of sp³-hybridized carbons (Fsp3) is 0.500. The van der Waals surface area contributed by atoms with Crippen LogP contribution in [0.1, 0.15) is 18.7 Å². The number of carbonyl (C=O) groups is 1. The van der Waals surface area contributed by atoms with Crippen molar-refractivity contribution >= 4 is 17.0 Å². The zero-order chi connectivity index (χ0) is 14.2. The standard InChI is InChI=1S/C16H19N3O2/c20-16(19-10-9-18-8-7-12(19)11-18)6-5-15-17-13-3-1-2-4-14(13)21-15/h1-4,12H,5-11H2. The van der Waals surface area contributed by atoms with E-state index in [0.29, 0.717) is 24.8 Å². The topological polar surface area (TPSA) is 49.6 Å². The summed E-state index contributed by atoms with van der Waals surface area (Å²) in [4.78, 5) is 21.3. The normalized spacial score (nSPS) is 24.7. The molecule has 21 heavy (non-hydrogen) atoms. The lowest BCUT2D eigenvalue weighted by Crippen LogP contribution is -2.49. The molecule has 4 rings (SSSR count). The molecule has 2 aromatic rings. The lowest BCUT2D eigenvalue weighted by atomic mass is 10.1. The van der Waals surface area contributed by atoms with Crippen LogP contribution in [0.4, 0.5) is 0 Å². The zero-order valence-corrected chi connectivity index (χ0v) is 12.0. The molecule has 2 unspecified atom stereocenters. The van der Waals surface area contributed by atoms with Crippen LogP contribution in [0, 0.1) is 0 Å². The van der Waals surface area contributed by atoms with Crippen molar-refractivity contribution in [1.82, 2.24) is 14.8 Å². The van der Waals surface area contributed by atoms with Gasteiger partial charge in [0.1, 0.15) is 5.52 Å². The summed E-state index contributed by atoms with van der Waals surface area (Å²) in [6.45, 7) is 4.08. The number of amides is 1. The molecule has 2 aliphatic heterocycles. The number of fused-ring (bicyclic) bond motifs is 3. The Morgan fingerprint density at radius 1 is 1.29 bits per heavy atom. The maximum atomic E-state index is 12.4. The predicted octanol–water partition coefficient (Wildman–Crippen LogP) is 1.68. The molecule has 2 fully saturated rings. The molecule has 5 nitrogen and oxygen atoms in total. The van der Waals surface area contributed by atoms with Gasteiger partial charge in [-0.1, -0.05) is 12.1 Å². The quantitative estimate of drug-likeness (QED) is 0.861. The third-order valence-electron chi connectivity index (χ3n) is 4.56. The maximum Gasteiger partial charge on any atom is 0.223 e. The van der Waals surface area contributed by atoms with E-state index in [0.717, 1.165) is 43.7 Å². The summed E-state index contributed by atoms with van der Waals surface area (Å²) in [5.74, 6) is 0.901. The van der Waals surface area contributed by atoms with E-state index in [9.17, 15) is 4.79 Å². The molecule has 0 spiro atoms. The van der Waals surface area contributed by atoms with Crippen LogP contribution >= 0.6 is 0 Å². The van der Waals surface area contributed by atoms with Crippen molar-refractivity contribution in [2.75, 3.05) is 26.2 Å². The first kappa shape index (κ1) is 12.8. The van der Waals surface area contributed by atoms with Gasteiger partial charge in [-0.25, -0.2) is 4.98 Å². The number of benzene rings is 1. The van der Waals surface area contributed by atoms with Crippen molar-refractivity contribution in [2.45, 2.75) is 25.3 Å². The van der Waals surface area contributed by atoms with E-state index >= 15 is 0 Å².